The molecule has 1 heterocycles. The molecule has 0 saturated heterocycles. The Balaban J connectivity index is 1.97. The van der Waals surface area contributed by atoms with Crippen LogP contribution in [0.15, 0.2) is 0 Å². The van der Waals surface area contributed by atoms with E-state index in [4.69, 9.17) is 0 Å². The van der Waals surface area contributed by atoms with Gasteiger partial charge in [0, 0.05) is 19.6 Å². The molecule has 6 heteroatoms. The SMILES string of the molecule is CCNc1nnc(C(=O)N(CC)CC2CCC2)s1. The highest BCUT2D eigenvalue weighted by Gasteiger charge is 2.25. The average molecular weight is 268 g/mol. The Labute approximate surface area is 112 Å². The summed E-state index contributed by atoms with van der Waals surface area (Å²) in [6.07, 6.45) is 3.81. The predicted octanol–water partition coefficient (Wildman–Crippen LogP) is 2.23. The molecule has 0 aromatic carbocycles. The molecule has 0 unspecified atom stereocenters. The fourth-order valence-electron chi connectivity index (χ4n) is 2.01. The molecule has 0 aliphatic heterocycles. The second kappa shape index (κ2) is 6.13. The summed E-state index contributed by atoms with van der Waals surface area (Å²) < 4.78 is 0. The summed E-state index contributed by atoms with van der Waals surface area (Å²) in [5.74, 6) is 0.709. The van der Waals surface area contributed by atoms with Crippen molar-refractivity contribution >= 4 is 22.4 Å². The van der Waals surface area contributed by atoms with Gasteiger partial charge in [0.1, 0.15) is 0 Å². The maximum atomic E-state index is 12.3. The van der Waals surface area contributed by atoms with E-state index < -0.39 is 0 Å². The third-order valence-corrected chi connectivity index (χ3v) is 4.18. The van der Waals surface area contributed by atoms with Crippen molar-refractivity contribution in [2.24, 2.45) is 5.92 Å². The van der Waals surface area contributed by atoms with Gasteiger partial charge < -0.3 is 10.2 Å². The first-order valence-electron chi connectivity index (χ1n) is 6.61. The maximum Gasteiger partial charge on any atom is 0.284 e. The molecule has 5 nitrogen and oxygen atoms in total. The summed E-state index contributed by atoms with van der Waals surface area (Å²) in [6.45, 7) is 6.42. The van der Waals surface area contributed by atoms with Crippen LogP contribution in [-0.4, -0.2) is 40.6 Å². The molecule has 1 aromatic heterocycles. The van der Waals surface area contributed by atoms with Crippen molar-refractivity contribution in [1.29, 1.82) is 0 Å². The second-order valence-corrected chi connectivity index (χ2v) is 5.56. The molecular weight excluding hydrogens is 248 g/mol. The van der Waals surface area contributed by atoms with Crippen LogP contribution in [0.1, 0.15) is 42.9 Å². The summed E-state index contributed by atoms with van der Waals surface area (Å²) in [5, 5.41) is 12.2. The zero-order valence-corrected chi connectivity index (χ0v) is 11.8. The van der Waals surface area contributed by atoms with Crippen molar-refractivity contribution in [1.82, 2.24) is 15.1 Å². The molecule has 1 N–H and O–H groups in total. The Bertz CT molecular complexity index is 403. The Morgan fingerprint density at radius 2 is 2.22 bits per heavy atom. The summed E-state index contributed by atoms with van der Waals surface area (Å²) in [4.78, 5) is 14.2. The highest BCUT2D eigenvalue weighted by atomic mass is 32.1. The molecule has 1 aliphatic rings. The van der Waals surface area contributed by atoms with Crippen molar-refractivity contribution in [2.45, 2.75) is 33.1 Å². The zero-order chi connectivity index (χ0) is 13.0. The normalized spacial score (nSPS) is 15.2. The molecule has 0 bridgehead atoms. The number of amides is 1. The number of nitrogens with zero attached hydrogens (tertiary/aromatic N) is 3. The minimum absolute atomic E-state index is 0.0195. The van der Waals surface area contributed by atoms with Gasteiger partial charge in [-0.05, 0) is 32.6 Å². The standard InChI is InChI=1S/C12H20N4OS/c1-3-13-12-15-14-10(18-12)11(17)16(4-2)8-9-6-5-7-9/h9H,3-8H2,1-2H3,(H,13,15). The smallest absolute Gasteiger partial charge is 0.284 e. The van der Waals surface area contributed by atoms with E-state index in [0.717, 1.165) is 24.8 Å². The van der Waals surface area contributed by atoms with Crippen LogP contribution in [0.25, 0.3) is 0 Å². The monoisotopic (exact) mass is 268 g/mol. The molecule has 0 radical (unpaired) electrons. The van der Waals surface area contributed by atoms with E-state index in [1.807, 2.05) is 18.7 Å². The first kappa shape index (κ1) is 13.3. The van der Waals surface area contributed by atoms with Gasteiger partial charge in [0.2, 0.25) is 10.1 Å². The molecule has 0 spiro atoms. The van der Waals surface area contributed by atoms with Crippen LogP contribution in [0, 0.1) is 5.92 Å². The quantitative estimate of drug-likeness (QED) is 0.859. The van der Waals surface area contributed by atoms with E-state index in [9.17, 15) is 4.79 Å². The molecule has 2 rings (SSSR count). The number of aromatic nitrogens is 2. The van der Waals surface area contributed by atoms with Gasteiger partial charge in [-0.2, -0.15) is 0 Å². The third-order valence-electron chi connectivity index (χ3n) is 3.31. The van der Waals surface area contributed by atoms with E-state index in [0.29, 0.717) is 10.9 Å². The Hall–Kier alpha value is -1.17. The van der Waals surface area contributed by atoms with Gasteiger partial charge in [-0.25, -0.2) is 0 Å². The molecule has 1 saturated carbocycles. The summed E-state index contributed by atoms with van der Waals surface area (Å²) in [7, 11) is 0. The fraction of sp³-hybridized carbons (Fsp3) is 0.750. The third kappa shape index (κ3) is 2.98. The van der Waals surface area contributed by atoms with E-state index in [1.54, 1.807) is 0 Å². The van der Waals surface area contributed by atoms with Crippen molar-refractivity contribution in [3.05, 3.63) is 5.01 Å². The number of hydrogen-bond donors (Lipinski definition) is 1. The summed E-state index contributed by atoms with van der Waals surface area (Å²) in [5.41, 5.74) is 0. The minimum atomic E-state index is 0.0195. The van der Waals surface area contributed by atoms with Gasteiger partial charge in [-0.15, -0.1) is 10.2 Å². The van der Waals surface area contributed by atoms with Crippen molar-refractivity contribution < 1.29 is 4.79 Å². The number of anilines is 1. The lowest BCUT2D eigenvalue weighted by atomic mass is 9.85. The molecule has 1 fully saturated rings. The van der Waals surface area contributed by atoms with E-state index in [1.165, 1.54) is 30.6 Å². The fourth-order valence-corrected chi connectivity index (χ4v) is 2.79. The molecule has 1 aliphatic carbocycles. The van der Waals surface area contributed by atoms with Crippen LogP contribution in [0.4, 0.5) is 5.13 Å². The highest BCUT2D eigenvalue weighted by molar-refractivity contribution is 7.17. The molecule has 18 heavy (non-hydrogen) atoms. The summed E-state index contributed by atoms with van der Waals surface area (Å²) >= 11 is 1.34. The van der Waals surface area contributed by atoms with Gasteiger partial charge in [-0.3, -0.25) is 4.79 Å². The van der Waals surface area contributed by atoms with Gasteiger partial charge >= 0.3 is 0 Å². The van der Waals surface area contributed by atoms with E-state index >= 15 is 0 Å². The lowest BCUT2D eigenvalue weighted by Crippen LogP contribution is -2.37. The number of nitrogens with one attached hydrogen (secondary N) is 1. The number of carbonyl (C=O) groups is 1. The zero-order valence-electron chi connectivity index (χ0n) is 11.0. The largest absolute Gasteiger partial charge is 0.360 e. The van der Waals surface area contributed by atoms with E-state index in [-0.39, 0.29) is 5.91 Å². The molecular formula is C12H20N4OS. The van der Waals surface area contributed by atoms with E-state index in [2.05, 4.69) is 15.5 Å². The van der Waals surface area contributed by atoms with Crippen molar-refractivity contribution in [3.8, 4) is 0 Å². The lowest BCUT2D eigenvalue weighted by Gasteiger charge is -2.31. The van der Waals surface area contributed by atoms with Crippen LogP contribution in [0.3, 0.4) is 0 Å². The topological polar surface area (TPSA) is 58.1 Å². The minimum Gasteiger partial charge on any atom is -0.360 e. The average Bonchev–Trinajstić information content (AvgIpc) is 2.76. The Kier molecular flexibility index (Phi) is 4.52. The molecule has 100 valence electrons. The van der Waals surface area contributed by atoms with Gasteiger partial charge in [-0.1, -0.05) is 17.8 Å². The second-order valence-electron chi connectivity index (χ2n) is 4.58. The lowest BCUT2D eigenvalue weighted by molar-refractivity contribution is 0.0705. The maximum absolute atomic E-state index is 12.3. The first-order valence-corrected chi connectivity index (χ1v) is 7.42. The Morgan fingerprint density at radius 1 is 1.44 bits per heavy atom. The van der Waals surface area contributed by atoms with Gasteiger partial charge in [0.25, 0.3) is 5.91 Å². The van der Waals surface area contributed by atoms with Crippen LogP contribution >= 0.6 is 11.3 Å². The number of rotatable bonds is 6. The van der Waals surface area contributed by atoms with Crippen LogP contribution in [0.5, 0.6) is 0 Å². The molecule has 1 amide bonds. The van der Waals surface area contributed by atoms with Crippen LogP contribution in [0.2, 0.25) is 0 Å². The predicted molar refractivity (Wildman–Crippen MR) is 73.0 cm³/mol. The summed E-state index contributed by atoms with van der Waals surface area (Å²) in [6, 6.07) is 0. The van der Waals surface area contributed by atoms with Crippen LogP contribution in [-0.2, 0) is 0 Å². The Morgan fingerprint density at radius 3 is 2.78 bits per heavy atom. The van der Waals surface area contributed by atoms with Gasteiger partial charge in [0.15, 0.2) is 0 Å². The van der Waals surface area contributed by atoms with Crippen LogP contribution < -0.4 is 5.32 Å². The van der Waals surface area contributed by atoms with Gasteiger partial charge in [0.05, 0.1) is 0 Å². The van der Waals surface area contributed by atoms with Crippen molar-refractivity contribution in [3.63, 3.8) is 0 Å². The number of hydrogen-bond acceptors (Lipinski definition) is 5. The first-order chi connectivity index (χ1) is 8.74. The number of carbonyl (C=O) groups excluding carboxylic acids is 1. The van der Waals surface area contributed by atoms with Crippen molar-refractivity contribution in [2.75, 3.05) is 25.0 Å². The molecule has 0 atom stereocenters. The highest BCUT2D eigenvalue weighted by Crippen LogP contribution is 2.27. The molecule has 1 aromatic rings.